The number of ether oxygens (including phenoxy) is 1. The van der Waals surface area contributed by atoms with E-state index in [-0.39, 0.29) is 0 Å². The number of anilines is 2. The lowest BCUT2D eigenvalue weighted by atomic mass is 10.0. The van der Waals surface area contributed by atoms with Crippen LogP contribution in [-0.2, 0) is 6.42 Å². The van der Waals surface area contributed by atoms with E-state index < -0.39 is 5.91 Å². The standard InChI is InChI=1S/C9H13N3O2/c10-6-3-5-1-2-9(12,13)14-8(5)7(11)4-6/h3-4,13H,1-2,10-12H2. The molecule has 0 bridgehead atoms. The van der Waals surface area contributed by atoms with Gasteiger partial charge < -0.3 is 21.3 Å². The van der Waals surface area contributed by atoms with Crippen molar-refractivity contribution in [2.24, 2.45) is 5.73 Å². The molecule has 5 nitrogen and oxygen atoms in total. The monoisotopic (exact) mass is 195 g/mol. The van der Waals surface area contributed by atoms with Crippen molar-refractivity contribution in [1.82, 2.24) is 0 Å². The van der Waals surface area contributed by atoms with Crippen molar-refractivity contribution >= 4 is 11.4 Å². The van der Waals surface area contributed by atoms with Crippen LogP contribution in [0.5, 0.6) is 5.75 Å². The molecule has 0 radical (unpaired) electrons. The fourth-order valence-electron chi connectivity index (χ4n) is 1.59. The van der Waals surface area contributed by atoms with Gasteiger partial charge in [-0.3, -0.25) is 5.73 Å². The Morgan fingerprint density at radius 2 is 2.07 bits per heavy atom. The zero-order valence-electron chi connectivity index (χ0n) is 7.66. The molecule has 0 aromatic heterocycles. The maximum absolute atomic E-state index is 9.48. The second kappa shape index (κ2) is 2.76. The molecule has 0 aliphatic carbocycles. The number of nitrogen functional groups attached to an aromatic ring is 2. The molecular weight excluding hydrogens is 182 g/mol. The van der Waals surface area contributed by atoms with Gasteiger partial charge in [-0.25, -0.2) is 0 Å². The second-order valence-electron chi connectivity index (χ2n) is 3.55. The Labute approximate surface area is 81.4 Å². The molecule has 76 valence electrons. The molecule has 1 aliphatic rings. The molecule has 7 N–H and O–H groups in total. The molecule has 2 rings (SSSR count). The third kappa shape index (κ3) is 1.47. The SMILES string of the molecule is Nc1cc(N)c2c(c1)CCC(N)(O)O2. The Balaban J connectivity index is 2.47. The average molecular weight is 195 g/mol. The third-order valence-electron chi connectivity index (χ3n) is 2.25. The van der Waals surface area contributed by atoms with Gasteiger partial charge in [0.15, 0.2) is 5.75 Å². The van der Waals surface area contributed by atoms with E-state index >= 15 is 0 Å². The van der Waals surface area contributed by atoms with Crippen molar-refractivity contribution in [3.05, 3.63) is 17.7 Å². The lowest BCUT2D eigenvalue weighted by molar-refractivity contribution is -0.144. The van der Waals surface area contributed by atoms with E-state index in [9.17, 15) is 5.11 Å². The lowest BCUT2D eigenvalue weighted by Crippen LogP contribution is -2.48. The number of hydrogen-bond acceptors (Lipinski definition) is 5. The van der Waals surface area contributed by atoms with Crippen molar-refractivity contribution < 1.29 is 9.84 Å². The van der Waals surface area contributed by atoms with Gasteiger partial charge in [-0.2, -0.15) is 0 Å². The van der Waals surface area contributed by atoms with Gasteiger partial charge in [-0.1, -0.05) is 0 Å². The first-order valence-corrected chi connectivity index (χ1v) is 4.36. The third-order valence-corrected chi connectivity index (χ3v) is 2.25. The van der Waals surface area contributed by atoms with Gasteiger partial charge in [0, 0.05) is 12.1 Å². The minimum Gasteiger partial charge on any atom is -0.447 e. The summed E-state index contributed by atoms with van der Waals surface area (Å²) in [5.41, 5.74) is 18.6. The fraction of sp³-hybridized carbons (Fsp3) is 0.333. The van der Waals surface area contributed by atoms with Crippen LogP contribution in [0.3, 0.4) is 0 Å². The maximum atomic E-state index is 9.48. The van der Waals surface area contributed by atoms with Crippen LogP contribution >= 0.6 is 0 Å². The second-order valence-corrected chi connectivity index (χ2v) is 3.55. The van der Waals surface area contributed by atoms with Crippen LogP contribution in [-0.4, -0.2) is 11.0 Å². The fourth-order valence-corrected chi connectivity index (χ4v) is 1.59. The largest absolute Gasteiger partial charge is 0.447 e. The van der Waals surface area contributed by atoms with E-state index in [2.05, 4.69) is 0 Å². The first kappa shape index (κ1) is 9.11. The number of benzene rings is 1. The molecule has 1 atom stereocenters. The van der Waals surface area contributed by atoms with Gasteiger partial charge in [-0.15, -0.1) is 0 Å². The summed E-state index contributed by atoms with van der Waals surface area (Å²) in [4.78, 5) is 0. The molecule has 0 fully saturated rings. The molecule has 14 heavy (non-hydrogen) atoms. The summed E-state index contributed by atoms with van der Waals surface area (Å²) >= 11 is 0. The highest BCUT2D eigenvalue weighted by Gasteiger charge is 2.30. The summed E-state index contributed by atoms with van der Waals surface area (Å²) in [5, 5.41) is 9.48. The molecule has 0 saturated carbocycles. The van der Waals surface area contributed by atoms with Gasteiger partial charge in [0.25, 0.3) is 5.91 Å². The van der Waals surface area contributed by atoms with Crippen LogP contribution in [0.15, 0.2) is 12.1 Å². The molecule has 0 saturated heterocycles. The van der Waals surface area contributed by atoms with Crippen LogP contribution in [0, 0.1) is 0 Å². The Bertz CT molecular complexity index is 377. The minimum absolute atomic E-state index is 0.336. The van der Waals surface area contributed by atoms with Crippen LogP contribution < -0.4 is 21.9 Å². The Morgan fingerprint density at radius 3 is 2.79 bits per heavy atom. The minimum atomic E-state index is -1.61. The molecule has 1 aromatic rings. The summed E-state index contributed by atoms with van der Waals surface area (Å²) in [6.45, 7) is 0. The van der Waals surface area contributed by atoms with Gasteiger partial charge in [0.1, 0.15) is 0 Å². The van der Waals surface area contributed by atoms with Gasteiger partial charge in [0.05, 0.1) is 5.69 Å². The number of aliphatic hydroxyl groups is 1. The average Bonchev–Trinajstić information content (AvgIpc) is 2.06. The number of hydrogen-bond donors (Lipinski definition) is 4. The summed E-state index contributed by atoms with van der Waals surface area (Å²) in [6.07, 6.45) is 0.945. The zero-order chi connectivity index (χ0) is 10.3. The molecular formula is C9H13N3O2. The first-order chi connectivity index (χ1) is 6.48. The van der Waals surface area contributed by atoms with E-state index in [1.54, 1.807) is 12.1 Å². The normalized spacial score (nSPS) is 25.3. The van der Waals surface area contributed by atoms with Gasteiger partial charge >= 0.3 is 0 Å². The van der Waals surface area contributed by atoms with Crippen LogP contribution in [0.2, 0.25) is 0 Å². The molecule has 1 heterocycles. The molecule has 5 heteroatoms. The predicted octanol–water partition coefficient (Wildman–Crippen LogP) is -0.219. The van der Waals surface area contributed by atoms with E-state index in [4.69, 9.17) is 21.9 Å². The van der Waals surface area contributed by atoms with Crippen LogP contribution in [0.1, 0.15) is 12.0 Å². The predicted molar refractivity (Wildman–Crippen MR) is 53.4 cm³/mol. The summed E-state index contributed by atoms with van der Waals surface area (Å²) in [7, 11) is 0. The van der Waals surface area contributed by atoms with Crippen LogP contribution in [0.25, 0.3) is 0 Å². The van der Waals surface area contributed by atoms with E-state index in [1.807, 2.05) is 0 Å². The molecule has 1 unspecified atom stereocenters. The highest BCUT2D eigenvalue weighted by Crippen LogP contribution is 2.36. The number of rotatable bonds is 0. The summed E-state index contributed by atoms with van der Waals surface area (Å²) < 4.78 is 5.16. The maximum Gasteiger partial charge on any atom is 0.265 e. The first-order valence-electron chi connectivity index (χ1n) is 4.36. The van der Waals surface area contributed by atoms with E-state index in [0.29, 0.717) is 30.0 Å². The summed E-state index contributed by atoms with van der Waals surface area (Å²) in [5.74, 6) is -1.17. The van der Waals surface area contributed by atoms with Crippen molar-refractivity contribution in [3.8, 4) is 5.75 Å². The number of fused-ring (bicyclic) bond motifs is 1. The van der Waals surface area contributed by atoms with Gasteiger partial charge in [-0.05, 0) is 24.1 Å². The Hall–Kier alpha value is -1.46. The number of aryl methyl sites for hydroxylation is 1. The number of nitrogens with two attached hydrogens (primary N) is 3. The highest BCUT2D eigenvalue weighted by molar-refractivity contribution is 5.65. The Morgan fingerprint density at radius 1 is 1.36 bits per heavy atom. The van der Waals surface area contributed by atoms with Crippen molar-refractivity contribution in [3.63, 3.8) is 0 Å². The van der Waals surface area contributed by atoms with Gasteiger partial charge in [0.2, 0.25) is 0 Å². The smallest absolute Gasteiger partial charge is 0.265 e. The van der Waals surface area contributed by atoms with Crippen molar-refractivity contribution in [1.29, 1.82) is 0 Å². The van der Waals surface area contributed by atoms with E-state index in [1.165, 1.54) is 0 Å². The zero-order valence-corrected chi connectivity index (χ0v) is 7.66. The highest BCUT2D eigenvalue weighted by atomic mass is 16.6. The molecule has 0 spiro atoms. The van der Waals surface area contributed by atoms with E-state index in [0.717, 1.165) is 5.56 Å². The lowest BCUT2D eigenvalue weighted by Gasteiger charge is -2.31. The molecule has 0 amide bonds. The summed E-state index contributed by atoms with van der Waals surface area (Å²) in [6, 6.07) is 3.36. The molecule has 1 aliphatic heterocycles. The van der Waals surface area contributed by atoms with Crippen molar-refractivity contribution in [2.45, 2.75) is 18.8 Å². The van der Waals surface area contributed by atoms with Crippen LogP contribution in [0.4, 0.5) is 11.4 Å². The quantitative estimate of drug-likeness (QED) is 0.338. The molecule has 1 aromatic carbocycles. The van der Waals surface area contributed by atoms with Crippen molar-refractivity contribution in [2.75, 3.05) is 11.5 Å². The topological polar surface area (TPSA) is 108 Å². The Kier molecular flexibility index (Phi) is 1.80.